The summed E-state index contributed by atoms with van der Waals surface area (Å²) < 4.78 is 3.03. The minimum Gasteiger partial charge on any atom is -0.311 e. The predicted octanol–water partition coefficient (Wildman–Crippen LogP) is 2.01. The number of rotatable bonds is 5. The fourth-order valence-electron chi connectivity index (χ4n) is 2.73. The van der Waals surface area contributed by atoms with Crippen LogP contribution in [0.1, 0.15) is 6.42 Å². The van der Waals surface area contributed by atoms with Crippen molar-refractivity contribution in [2.75, 3.05) is 5.32 Å². The number of benzene rings is 1. The highest BCUT2D eigenvalue weighted by atomic mass is 16.2. The Balaban J connectivity index is 1.53. The second-order valence-electron chi connectivity index (χ2n) is 5.89. The van der Waals surface area contributed by atoms with Gasteiger partial charge in [-0.15, -0.1) is 0 Å². The molecule has 1 amide bonds. The molecule has 8 nitrogen and oxygen atoms in total. The Morgan fingerprint density at radius 3 is 2.63 bits per heavy atom. The van der Waals surface area contributed by atoms with Crippen LogP contribution >= 0.6 is 0 Å². The number of nitrogens with zero attached hydrogens (tertiary/aromatic N) is 5. The Hall–Kier alpha value is -3.81. The number of carbonyl (C=O) groups excluding carboxylic acids is 1. The Bertz CT molecular complexity index is 1140. The molecule has 0 aliphatic rings. The van der Waals surface area contributed by atoms with Gasteiger partial charge in [0.05, 0.1) is 18.2 Å². The first-order chi connectivity index (χ1) is 13.2. The van der Waals surface area contributed by atoms with Crippen molar-refractivity contribution in [3.05, 3.63) is 77.6 Å². The van der Waals surface area contributed by atoms with E-state index in [-0.39, 0.29) is 24.4 Å². The van der Waals surface area contributed by atoms with Crippen molar-refractivity contribution in [1.82, 2.24) is 24.3 Å². The molecule has 0 radical (unpaired) electrons. The molecule has 0 unspecified atom stereocenters. The summed E-state index contributed by atoms with van der Waals surface area (Å²) in [5.41, 5.74) is 1.08. The highest BCUT2D eigenvalue weighted by Gasteiger charge is 2.12. The van der Waals surface area contributed by atoms with Crippen LogP contribution in [0.5, 0.6) is 0 Å². The third-order valence-corrected chi connectivity index (χ3v) is 4.07. The minimum absolute atomic E-state index is 0.135. The van der Waals surface area contributed by atoms with E-state index >= 15 is 0 Å². The molecular formula is C19H16N6O2. The molecule has 0 spiro atoms. The van der Waals surface area contributed by atoms with Crippen molar-refractivity contribution in [3.8, 4) is 5.69 Å². The Morgan fingerprint density at radius 1 is 1.04 bits per heavy atom. The van der Waals surface area contributed by atoms with Crippen LogP contribution in [0.4, 0.5) is 5.82 Å². The lowest BCUT2D eigenvalue weighted by molar-refractivity contribution is -0.116. The van der Waals surface area contributed by atoms with E-state index in [2.05, 4.69) is 20.4 Å². The van der Waals surface area contributed by atoms with Crippen molar-refractivity contribution in [1.29, 1.82) is 0 Å². The molecule has 3 heterocycles. The first-order valence-corrected chi connectivity index (χ1v) is 8.42. The van der Waals surface area contributed by atoms with E-state index in [0.29, 0.717) is 16.9 Å². The Kier molecular flexibility index (Phi) is 4.44. The van der Waals surface area contributed by atoms with Crippen molar-refractivity contribution < 1.29 is 4.79 Å². The number of anilines is 1. The number of amides is 1. The lowest BCUT2D eigenvalue weighted by Crippen LogP contribution is -2.23. The third kappa shape index (κ3) is 3.45. The van der Waals surface area contributed by atoms with Gasteiger partial charge in [0, 0.05) is 19.2 Å². The van der Waals surface area contributed by atoms with Crippen LogP contribution in [-0.4, -0.2) is 30.2 Å². The zero-order valence-electron chi connectivity index (χ0n) is 14.3. The Labute approximate surface area is 154 Å². The number of para-hydroxylation sites is 1. The van der Waals surface area contributed by atoms with Crippen molar-refractivity contribution in [3.63, 3.8) is 0 Å². The second kappa shape index (κ2) is 7.20. The maximum atomic E-state index is 12.7. The van der Waals surface area contributed by atoms with E-state index in [0.717, 1.165) is 5.69 Å². The summed E-state index contributed by atoms with van der Waals surface area (Å²) in [7, 11) is 0. The molecule has 0 atom stereocenters. The zero-order chi connectivity index (χ0) is 18.6. The number of aromatic nitrogens is 5. The summed E-state index contributed by atoms with van der Waals surface area (Å²) in [6, 6.07) is 14.7. The summed E-state index contributed by atoms with van der Waals surface area (Å²) >= 11 is 0. The fraction of sp³-hybridized carbons (Fsp3) is 0.105. The lowest BCUT2D eigenvalue weighted by atomic mass is 10.3. The average Bonchev–Trinajstić information content (AvgIpc) is 3.14. The number of pyridine rings is 1. The van der Waals surface area contributed by atoms with E-state index in [9.17, 15) is 9.59 Å². The summed E-state index contributed by atoms with van der Waals surface area (Å²) in [5, 5.41) is 7.37. The van der Waals surface area contributed by atoms with Crippen LogP contribution in [-0.2, 0) is 11.3 Å². The molecular weight excluding hydrogens is 344 g/mol. The predicted molar refractivity (Wildman–Crippen MR) is 101 cm³/mol. The van der Waals surface area contributed by atoms with Gasteiger partial charge in [-0.3, -0.25) is 14.2 Å². The maximum Gasteiger partial charge on any atom is 0.264 e. The van der Waals surface area contributed by atoms with E-state index < -0.39 is 0 Å². The van der Waals surface area contributed by atoms with E-state index in [4.69, 9.17) is 0 Å². The molecule has 0 aliphatic carbocycles. The van der Waals surface area contributed by atoms with Crippen LogP contribution in [0.3, 0.4) is 0 Å². The standard InChI is InChI=1S/C19H16N6O2/c26-17(23-16-8-4-5-10-20-16)9-11-24-13-21-18-15(19(24)27)12-22-25(18)14-6-2-1-3-7-14/h1-8,10,12-13H,9,11H2,(H,20,23,26). The molecule has 0 fully saturated rings. The molecule has 0 saturated carbocycles. The number of aryl methyl sites for hydroxylation is 1. The van der Waals surface area contributed by atoms with Gasteiger partial charge in [-0.1, -0.05) is 24.3 Å². The molecule has 134 valence electrons. The van der Waals surface area contributed by atoms with Crippen molar-refractivity contribution in [2.24, 2.45) is 0 Å². The number of hydrogen-bond donors (Lipinski definition) is 1. The molecule has 4 rings (SSSR count). The molecule has 4 aromatic rings. The number of fused-ring (bicyclic) bond motifs is 1. The van der Waals surface area contributed by atoms with Gasteiger partial charge in [0.2, 0.25) is 5.91 Å². The molecule has 0 bridgehead atoms. The largest absolute Gasteiger partial charge is 0.311 e. The highest BCUT2D eigenvalue weighted by Crippen LogP contribution is 2.13. The van der Waals surface area contributed by atoms with Gasteiger partial charge >= 0.3 is 0 Å². The smallest absolute Gasteiger partial charge is 0.264 e. The van der Waals surface area contributed by atoms with Gasteiger partial charge in [-0.05, 0) is 24.3 Å². The SMILES string of the molecule is O=C(CCn1cnc2c(cnn2-c2ccccc2)c1=O)Nc1ccccn1. The maximum absolute atomic E-state index is 12.7. The summed E-state index contributed by atoms with van der Waals surface area (Å²) in [4.78, 5) is 33.1. The summed E-state index contributed by atoms with van der Waals surface area (Å²) in [6.45, 7) is 0.219. The van der Waals surface area contributed by atoms with Gasteiger partial charge in [0.25, 0.3) is 5.56 Å². The van der Waals surface area contributed by atoms with Crippen LogP contribution < -0.4 is 10.9 Å². The first-order valence-electron chi connectivity index (χ1n) is 8.42. The van der Waals surface area contributed by atoms with E-state index in [1.54, 1.807) is 29.1 Å². The third-order valence-electron chi connectivity index (χ3n) is 4.07. The van der Waals surface area contributed by atoms with E-state index in [1.807, 2.05) is 30.3 Å². The highest BCUT2D eigenvalue weighted by molar-refractivity contribution is 5.89. The van der Waals surface area contributed by atoms with Crippen molar-refractivity contribution >= 4 is 22.8 Å². The topological polar surface area (TPSA) is 94.7 Å². The quantitative estimate of drug-likeness (QED) is 0.587. The average molecular weight is 360 g/mol. The van der Waals surface area contributed by atoms with Crippen LogP contribution in [0.25, 0.3) is 16.7 Å². The van der Waals surface area contributed by atoms with Gasteiger partial charge in [0.1, 0.15) is 11.2 Å². The monoisotopic (exact) mass is 360 g/mol. The van der Waals surface area contributed by atoms with Gasteiger partial charge < -0.3 is 5.32 Å². The van der Waals surface area contributed by atoms with Gasteiger partial charge in [0.15, 0.2) is 5.65 Å². The molecule has 1 aromatic carbocycles. The van der Waals surface area contributed by atoms with Crippen LogP contribution in [0.2, 0.25) is 0 Å². The summed E-state index contributed by atoms with van der Waals surface area (Å²) in [6.07, 6.45) is 4.68. The number of carbonyl (C=O) groups is 1. The molecule has 27 heavy (non-hydrogen) atoms. The zero-order valence-corrected chi connectivity index (χ0v) is 14.3. The van der Waals surface area contributed by atoms with Crippen molar-refractivity contribution in [2.45, 2.75) is 13.0 Å². The van der Waals surface area contributed by atoms with Gasteiger partial charge in [-0.25, -0.2) is 14.6 Å². The van der Waals surface area contributed by atoms with Crippen LogP contribution in [0.15, 0.2) is 72.0 Å². The summed E-state index contributed by atoms with van der Waals surface area (Å²) in [5.74, 6) is 0.258. The second-order valence-corrected chi connectivity index (χ2v) is 5.89. The molecule has 0 aliphatic heterocycles. The van der Waals surface area contributed by atoms with E-state index in [1.165, 1.54) is 17.1 Å². The normalized spacial score (nSPS) is 10.8. The number of hydrogen-bond acceptors (Lipinski definition) is 5. The first kappa shape index (κ1) is 16.6. The lowest BCUT2D eigenvalue weighted by Gasteiger charge is -2.07. The number of nitrogens with one attached hydrogen (secondary N) is 1. The molecule has 1 N–H and O–H groups in total. The molecule has 8 heteroatoms. The molecule has 0 saturated heterocycles. The minimum atomic E-state index is -0.229. The Morgan fingerprint density at radius 2 is 1.85 bits per heavy atom. The molecule has 3 aromatic heterocycles. The fourth-order valence-corrected chi connectivity index (χ4v) is 2.73. The van der Waals surface area contributed by atoms with Gasteiger partial charge in [-0.2, -0.15) is 5.10 Å². The van der Waals surface area contributed by atoms with Crippen LogP contribution in [0, 0.1) is 0 Å².